The summed E-state index contributed by atoms with van der Waals surface area (Å²) in [5, 5.41) is -0.412. The average Bonchev–Trinajstić information content (AvgIpc) is 3.67. The number of aromatic nitrogens is 3. The SMILES string of the molecule is C=CC(=O)N1CCN(c2nc(=O)n(-c3ccccc3C3(C(F)(F)F)CC3)c3nc(Cl)c(F)cc23)[C@@H](C)C1.[P]. The summed E-state index contributed by atoms with van der Waals surface area (Å²) in [6.45, 7) is 6.21. The fourth-order valence-electron chi connectivity index (χ4n) is 5.03. The number of anilines is 1. The molecule has 1 amide bonds. The van der Waals surface area contributed by atoms with E-state index >= 15 is 0 Å². The molecule has 199 valence electrons. The lowest BCUT2D eigenvalue weighted by Crippen LogP contribution is -2.54. The van der Waals surface area contributed by atoms with Gasteiger partial charge in [0.2, 0.25) is 5.91 Å². The summed E-state index contributed by atoms with van der Waals surface area (Å²) in [4.78, 5) is 37.1. The first-order chi connectivity index (χ1) is 17.5. The number of hydrogen-bond donors (Lipinski definition) is 0. The number of hydrogen-bond acceptors (Lipinski definition) is 5. The number of carbonyl (C=O) groups excluding carboxylic acids is 1. The van der Waals surface area contributed by atoms with E-state index in [0.717, 1.165) is 10.6 Å². The lowest BCUT2D eigenvalue weighted by molar-refractivity contribution is -0.160. The van der Waals surface area contributed by atoms with Gasteiger partial charge in [-0.2, -0.15) is 18.2 Å². The molecule has 1 aromatic carbocycles. The summed E-state index contributed by atoms with van der Waals surface area (Å²) >= 11 is 5.98. The Bertz CT molecular complexity index is 1490. The van der Waals surface area contributed by atoms with Gasteiger partial charge in [-0.05, 0) is 43.5 Å². The molecule has 38 heavy (non-hydrogen) atoms. The largest absolute Gasteiger partial charge is 0.398 e. The Morgan fingerprint density at radius 2 is 1.89 bits per heavy atom. The number of alkyl halides is 3. The van der Waals surface area contributed by atoms with Gasteiger partial charge in [-0.15, -0.1) is 0 Å². The molecule has 3 radical (unpaired) electrons. The zero-order valence-corrected chi connectivity index (χ0v) is 21.8. The predicted octanol–water partition coefficient (Wildman–Crippen LogP) is 5.25. The van der Waals surface area contributed by atoms with Gasteiger partial charge in [0, 0.05) is 35.6 Å². The van der Waals surface area contributed by atoms with E-state index in [2.05, 4.69) is 16.5 Å². The molecule has 0 unspecified atom stereocenters. The minimum absolute atomic E-state index is 0. The van der Waals surface area contributed by atoms with Crippen molar-refractivity contribution in [2.45, 2.75) is 37.4 Å². The molecule has 13 heteroatoms. The minimum Gasteiger partial charge on any atom is -0.350 e. The van der Waals surface area contributed by atoms with Crippen LogP contribution in [0.3, 0.4) is 0 Å². The number of benzene rings is 1. The maximum atomic E-state index is 14.6. The van der Waals surface area contributed by atoms with E-state index in [-0.39, 0.29) is 69.3 Å². The third-order valence-corrected chi connectivity index (χ3v) is 7.36. The number of nitrogens with zero attached hydrogens (tertiary/aromatic N) is 5. The molecule has 2 fully saturated rings. The molecule has 1 aliphatic heterocycles. The molecular weight excluding hydrogens is 545 g/mol. The van der Waals surface area contributed by atoms with E-state index in [1.807, 2.05) is 6.92 Å². The molecule has 5 rings (SSSR count). The second-order valence-corrected chi connectivity index (χ2v) is 9.67. The molecule has 0 bridgehead atoms. The van der Waals surface area contributed by atoms with Crippen LogP contribution in [0.4, 0.5) is 23.4 Å². The molecule has 2 aliphatic rings. The van der Waals surface area contributed by atoms with Crippen molar-refractivity contribution < 1.29 is 22.4 Å². The lowest BCUT2D eigenvalue weighted by Gasteiger charge is -2.40. The number of rotatable bonds is 4. The number of para-hydroxylation sites is 1. The van der Waals surface area contributed by atoms with Crippen molar-refractivity contribution in [3.8, 4) is 5.69 Å². The fourth-order valence-corrected chi connectivity index (χ4v) is 5.16. The van der Waals surface area contributed by atoms with Gasteiger partial charge in [-0.3, -0.25) is 4.79 Å². The third kappa shape index (κ3) is 4.45. The zero-order valence-electron chi connectivity index (χ0n) is 20.2. The van der Waals surface area contributed by atoms with Crippen LogP contribution in [0.1, 0.15) is 25.3 Å². The van der Waals surface area contributed by atoms with Crippen molar-refractivity contribution >= 4 is 44.3 Å². The second kappa shape index (κ2) is 9.93. The van der Waals surface area contributed by atoms with E-state index in [1.54, 1.807) is 9.80 Å². The number of fused-ring (bicyclic) bond motifs is 1. The van der Waals surface area contributed by atoms with Crippen LogP contribution in [0.2, 0.25) is 5.15 Å². The van der Waals surface area contributed by atoms with Crippen molar-refractivity contribution in [3.63, 3.8) is 0 Å². The number of piperazine rings is 1. The zero-order chi connectivity index (χ0) is 26.7. The van der Waals surface area contributed by atoms with Crippen LogP contribution in [-0.2, 0) is 10.2 Å². The number of halogens is 5. The molecule has 1 saturated heterocycles. The highest BCUT2D eigenvalue weighted by molar-refractivity contribution is 6.92. The summed E-state index contributed by atoms with van der Waals surface area (Å²) in [6.07, 6.45) is -3.53. The molecule has 3 aromatic rings. The maximum Gasteiger partial charge on any atom is 0.398 e. The topological polar surface area (TPSA) is 71.3 Å². The van der Waals surface area contributed by atoms with Gasteiger partial charge in [0.25, 0.3) is 0 Å². The Labute approximate surface area is 223 Å². The number of carbonyl (C=O) groups is 1. The van der Waals surface area contributed by atoms with Gasteiger partial charge in [-0.25, -0.2) is 18.7 Å². The van der Waals surface area contributed by atoms with Crippen LogP contribution in [0.25, 0.3) is 16.7 Å². The summed E-state index contributed by atoms with van der Waals surface area (Å²) in [7, 11) is 0. The van der Waals surface area contributed by atoms with Crippen LogP contribution >= 0.6 is 21.5 Å². The molecular formula is C25H22ClF4N5O2P. The quantitative estimate of drug-likeness (QED) is 0.187. The maximum absolute atomic E-state index is 14.6. The monoisotopic (exact) mass is 566 g/mol. The fraction of sp³-hybridized carbons (Fsp3) is 0.360. The summed E-state index contributed by atoms with van der Waals surface area (Å²) in [6, 6.07) is 6.49. The van der Waals surface area contributed by atoms with Crippen molar-refractivity contribution in [1.29, 1.82) is 0 Å². The van der Waals surface area contributed by atoms with Crippen molar-refractivity contribution in [3.05, 3.63) is 70.0 Å². The van der Waals surface area contributed by atoms with Crippen molar-refractivity contribution in [2.75, 3.05) is 24.5 Å². The highest BCUT2D eigenvalue weighted by Gasteiger charge is 2.65. The molecule has 1 atom stereocenters. The van der Waals surface area contributed by atoms with E-state index in [1.165, 1.54) is 30.3 Å². The number of amides is 1. The van der Waals surface area contributed by atoms with Crippen LogP contribution in [0, 0.1) is 5.82 Å². The minimum atomic E-state index is -4.52. The van der Waals surface area contributed by atoms with Crippen LogP contribution in [0.5, 0.6) is 0 Å². The Morgan fingerprint density at radius 3 is 2.50 bits per heavy atom. The number of pyridine rings is 1. The molecule has 7 nitrogen and oxygen atoms in total. The first-order valence-corrected chi connectivity index (χ1v) is 12.0. The van der Waals surface area contributed by atoms with Gasteiger partial charge in [0.1, 0.15) is 5.82 Å². The van der Waals surface area contributed by atoms with Gasteiger partial charge in [0.05, 0.1) is 16.5 Å². The van der Waals surface area contributed by atoms with E-state index < -0.39 is 28.3 Å². The Hall–Kier alpha value is -3.04. The Morgan fingerprint density at radius 1 is 1.21 bits per heavy atom. The summed E-state index contributed by atoms with van der Waals surface area (Å²) in [5.41, 5.74) is -3.17. The third-order valence-electron chi connectivity index (χ3n) is 7.10. The van der Waals surface area contributed by atoms with Crippen molar-refractivity contribution in [1.82, 2.24) is 19.4 Å². The smallest absolute Gasteiger partial charge is 0.350 e. The predicted molar refractivity (Wildman–Crippen MR) is 138 cm³/mol. The first-order valence-electron chi connectivity index (χ1n) is 11.6. The molecule has 1 saturated carbocycles. The second-order valence-electron chi connectivity index (χ2n) is 9.31. The molecule has 1 aliphatic carbocycles. The summed E-state index contributed by atoms with van der Waals surface area (Å²) < 4.78 is 57.7. The first kappa shape index (κ1) is 28.0. The Kier molecular flexibility index (Phi) is 7.31. The standard InChI is InChI=1S/C25H22ClF4N5O2.P/c1-3-19(36)33-10-11-34(14(2)13-33)21-15-12-17(27)20(26)31-22(15)35(23(37)32-21)18-7-5-4-6-16(18)24(8-9-24)25(28,29)30;/h3-7,12,14H,1,8-11,13H2,2H3;/t14-;/m0./s1. The van der Waals surface area contributed by atoms with E-state index in [9.17, 15) is 27.2 Å². The molecule has 3 heterocycles. The van der Waals surface area contributed by atoms with Gasteiger partial charge < -0.3 is 9.80 Å². The van der Waals surface area contributed by atoms with Crippen molar-refractivity contribution in [2.24, 2.45) is 0 Å². The average molecular weight is 567 g/mol. The van der Waals surface area contributed by atoms with Gasteiger partial charge >= 0.3 is 11.9 Å². The lowest BCUT2D eigenvalue weighted by atomic mass is 9.93. The van der Waals surface area contributed by atoms with E-state index in [0.29, 0.717) is 13.1 Å². The highest BCUT2D eigenvalue weighted by Crippen LogP contribution is 2.60. The van der Waals surface area contributed by atoms with Crippen LogP contribution < -0.4 is 10.6 Å². The van der Waals surface area contributed by atoms with Crippen LogP contribution in [0.15, 0.2) is 47.8 Å². The van der Waals surface area contributed by atoms with Gasteiger partial charge in [0.15, 0.2) is 16.6 Å². The van der Waals surface area contributed by atoms with Gasteiger partial charge in [-0.1, -0.05) is 36.4 Å². The molecule has 2 aromatic heterocycles. The molecule has 0 spiro atoms. The normalized spacial score (nSPS) is 18.7. The molecule has 0 N–H and O–H groups in total. The summed E-state index contributed by atoms with van der Waals surface area (Å²) in [5.74, 6) is -0.987. The highest BCUT2D eigenvalue weighted by atomic mass is 35.5. The Balaban J connectivity index is 0.00000336. The van der Waals surface area contributed by atoms with Crippen LogP contribution in [-0.4, -0.2) is 57.2 Å². The van der Waals surface area contributed by atoms with E-state index in [4.69, 9.17) is 11.6 Å².